The van der Waals surface area contributed by atoms with Crippen LogP contribution in [0.15, 0.2) is 24.3 Å². The number of aryl methyl sites for hydroxylation is 1. The van der Waals surface area contributed by atoms with Crippen molar-refractivity contribution in [2.24, 2.45) is 5.73 Å². The van der Waals surface area contributed by atoms with Gasteiger partial charge < -0.3 is 11.1 Å². The molecule has 3 heteroatoms. The molecule has 1 rings (SSSR count). The number of hydrogen-bond acceptors (Lipinski definition) is 2. The molecule has 0 saturated heterocycles. The fraction of sp³-hybridized carbons (Fsp3) is 0.533. The van der Waals surface area contributed by atoms with E-state index in [1.54, 1.807) is 0 Å². The summed E-state index contributed by atoms with van der Waals surface area (Å²) in [5, 5.41) is 2.78. The molecule has 0 spiro atoms. The van der Waals surface area contributed by atoms with Crippen LogP contribution in [-0.2, 0) is 11.2 Å². The molecule has 0 aromatic heterocycles. The van der Waals surface area contributed by atoms with Crippen molar-refractivity contribution in [1.82, 2.24) is 0 Å². The fourth-order valence-electron chi connectivity index (χ4n) is 1.39. The molecule has 0 bridgehead atoms. The third-order valence-electron chi connectivity index (χ3n) is 2.36. The first kappa shape index (κ1) is 16.6. The Labute approximate surface area is 111 Å². The fourth-order valence-corrected chi connectivity index (χ4v) is 1.39. The third kappa shape index (κ3) is 8.76. The molecule has 0 aliphatic heterocycles. The van der Waals surface area contributed by atoms with E-state index in [2.05, 4.69) is 25.2 Å². The Morgan fingerprint density at radius 2 is 1.94 bits per heavy atom. The van der Waals surface area contributed by atoms with Gasteiger partial charge in [-0.15, -0.1) is 0 Å². The van der Waals surface area contributed by atoms with E-state index < -0.39 is 0 Å². The Morgan fingerprint density at radius 1 is 1.28 bits per heavy atom. The Hall–Kier alpha value is -1.35. The zero-order valence-electron chi connectivity index (χ0n) is 11.8. The zero-order chi connectivity index (χ0) is 13.8. The first-order valence-corrected chi connectivity index (χ1v) is 6.70. The molecule has 0 unspecified atom stereocenters. The van der Waals surface area contributed by atoms with E-state index >= 15 is 0 Å². The van der Waals surface area contributed by atoms with Gasteiger partial charge >= 0.3 is 0 Å². The van der Waals surface area contributed by atoms with Gasteiger partial charge in [0.15, 0.2) is 0 Å². The molecule has 0 heterocycles. The smallest absolute Gasteiger partial charge is 0.221 e. The van der Waals surface area contributed by atoms with Crippen LogP contribution >= 0.6 is 0 Å². The van der Waals surface area contributed by atoms with Gasteiger partial charge in [0.1, 0.15) is 0 Å². The van der Waals surface area contributed by atoms with Gasteiger partial charge in [0, 0.05) is 12.6 Å². The zero-order valence-corrected chi connectivity index (χ0v) is 11.8. The molecule has 1 amide bonds. The van der Waals surface area contributed by atoms with Crippen molar-refractivity contribution in [3.05, 3.63) is 29.8 Å². The summed E-state index contributed by atoms with van der Waals surface area (Å²) in [6.07, 6.45) is 4.58. The van der Waals surface area contributed by atoms with E-state index in [4.69, 9.17) is 5.73 Å². The summed E-state index contributed by atoms with van der Waals surface area (Å²) < 4.78 is 0. The lowest BCUT2D eigenvalue weighted by molar-refractivity contribution is -0.114. The van der Waals surface area contributed by atoms with Crippen LogP contribution in [0.5, 0.6) is 0 Å². The summed E-state index contributed by atoms with van der Waals surface area (Å²) in [7, 11) is 0. The molecule has 0 fully saturated rings. The molecule has 0 saturated carbocycles. The monoisotopic (exact) mass is 250 g/mol. The molecule has 3 nitrogen and oxygen atoms in total. The molecular weight excluding hydrogens is 224 g/mol. The number of rotatable bonds is 5. The van der Waals surface area contributed by atoms with Crippen LogP contribution in [0.1, 0.15) is 45.6 Å². The van der Waals surface area contributed by atoms with Crippen LogP contribution in [0.25, 0.3) is 0 Å². The first-order chi connectivity index (χ1) is 8.63. The minimum absolute atomic E-state index is 0.0161. The van der Waals surface area contributed by atoms with Crippen LogP contribution in [0.4, 0.5) is 5.69 Å². The van der Waals surface area contributed by atoms with Gasteiger partial charge in [-0.1, -0.05) is 32.4 Å². The number of carbonyl (C=O) groups excluding carboxylic acids is 1. The lowest BCUT2D eigenvalue weighted by Crippen LogP contribution is -2.05. The van der Waals surface area contributed by atoms with E-state index in [9.17, 15) is 4.79 Å². The number of nitrogens with one attached hydrogen (secondary N) is 1. The van der Waals surface area contributed by atoms with E-state index in [-0.39, 0.29) is 5.91 Å². The molecule has 1 aromatic carbocycles. The second kappa shape index (κ2) is 10.8. The van der Waals surface area contributed by atoms with Gasteiger partial charge in [0.2, 0.25) is 5.91 Å². The standard InChI is InChI=1S/C12H17NO.C3H9N/c1-3-4-6-11-7-5-8-12(9-11)13-10(2)14;1-2-3-4/h5,7-9H,3-4,6H2,1-2H3,(H,13,14);2-4H2,1H3. The van der Waals surface area contributed by atoms with Gasteiger partial charge in [-0.05, 0) is 43.5 Å². The molecule has 0 aliphatic carbocycles. The highest BCUT2D eigenvalue weighted by atomic mass is 16.1. The molecule has 0 atom stereocenters. The summed E-state index contributed by atoms with van der Waals surface area (Å²) in [5.74, 6) is -0.0161. The van der Waals surface area contributed by atoms with Crippen molar-refractivity contribution >= 4 is 11.6 Å². The Bertz CT molecular complexity index is 335. The summed E-state index contributed by atoms with van der Waals surface area (Å²) in [6.45, 7) is 6.58. The highest BCUT2D eigenvalue weighted by molar-refractivity contribution is 5.88. The number of unbranched alkanes of at least 4 members (excludes halogenated alkanes) is 1. The van der Waals surface area contributed by atoms with Gasteiger partial charge in [-0.25, -0.2) is 0 Å². The highest BCUT2D eigenvalue weighted by Crippen LogP contribution is 2.12. The number of amides is 1. The first-order valence-electron chi connectivity index (χ1n) is 6.70. The Morgan fingerprint density at radius 3 is 2.44 bits per heavy atom. The van der Waals surface area contributed by atoms with Crippen LogP contribution < -0.4 is 11.1 Å². The topological polar surface area (TPSA) is 55.1 Å². The molecule has 3 N–H and O–H groups in total. The van der Waals surface area contributed by atoms with Crippen molar-refractivity contribution < 1.29 is 4.79 Å². The summed E-state index contributed by atoms with van der Waals surface area (Å²) in [4.78, 5) is 10.8. The maximum atomic E-state index is 10.8. The van der Waals surface area contributed by atoms with Crippen molar-refractivity contribution in [3.8, 4) is 0 Å². The highest BCUT2D eigenvalue weighted by Gasteiger charge is 1.97. The summed E-state index contributed by atoms with van der Waals surface area (Å²) in [6, 6.07) is 8.03. The second-order valence-electron chi connectivity index (χ2n) is 4.27. The average Bonchev–Trinajstić information content (AvgIpc) is 2.36. The van der Waals surface area contributed by atoms with Crippen molar-refractivity contribution in [3.63, 3.8) is 0 Å². The predicted octanol–water partition coefficient (Wildman–Crippen LogP) is 3.34. The molecular formula is C15H26N2O. The lowest BCUT2D eigenvalue weighted by Gasteiger charge is -2.04. The number of anilines is 1. The third-order valence-corrected chi connectivity index (χ3v) is 2.36. The van der Waals surface area contributed by atoms with Crippen molar-refractivity contribution in [1.29, 1.82) is 0 Å². The van der Waals surface area contributed by atoms with Crippen molar-refractivity contribution in [2.45, 2.75) is 46.5 Å². The molecule has 102 valence electrons. The number of benzene rings is 1. The van der Waals surface area contributed by atoms with E-state index in [0.717, 1.165) is 25.1 Å². The maximum Gasteiger partial charge on any atom is 0.221 e. The normalized spacial score (nSPS) is 9.33. The number of hydrogen-bond donors (Lipinski definition) is 2. The van der Waals surface area contributed by atoms with Gasteiger partial charge in [0.05, 0.1) is 0 Å². The summed E-state index contributed by atoms with van der Waals surface area (Å²) >= 11 is 0. The number of nitrogens with two attached hydrogens (primary N) is 1. The van der Waals surface area contributed by atoms with Crippen molar-refractivity contribution in [2.75, 3.05) is 11.9 Å². The Balaban J connectivity index is 0.000000631. The lowest BCUT2D eigenvalue weighted by atomic mass is 10.1. The van der Waals surface area contributed by atoms with Gasteiger partial charge in [-0.2, -0.15) is 0 Å². The maximum absolute atomic E-state index is 10.8. The average molecular weight is 250 g/mol. The van der Waals surface area contributed by atoms with Crippen LogP contribution in [0.2, 0.25) is 0 Å². The Kier molecular flexibility index (Phi) is 9.97. The summed E-state index contributed by atoms with van der Waals surface area (Å²) in [5.41, 5.74) is 7.21. The minimum atomic E-state index is -0.0161. The van der Waals surface area contributed by atoms with E-state index in [1.165, 1.54) is 25.3 Å². The van der Waals surface area contributed by atoms with Gasteiger partial charge in [-0.3, -0.25) is 4.79 Å². The molecule has 18 heavy (non-hydrogen) atoms. The van der Waals surface area contributed by atoms with E-state index in [0.29, 0.717) is 0 Å². The molecule has 0 aliphatic rings. The van der Waals surface area contributed by atoms with E-state index in [1.807, 2.05) is 18.2 Å². The van der Waals surface area contributed by atoms with Gasteiger partial charge in [0.25, 0.3) is 0 Å². The van der Waals surface area contributed by atoms with Crippen LogP contribution in [0, 0.1) is 0 Å². The second-order valence-corrected chi connectivity index (χ2v) is 4.27. The quantitative estimate of drug-likeness (QED) is 0.842. The number of carbonyl (C=O) groups is 1. The largest absolute Gasteiger partial charge is 0.330 e. The molecule has 0 radical (unpaired) electrons. The predicted molar refractivity (Wildman–Crippen MR) is 78.7 cm³/mol. The van der Waals surface area contributed by atoms with Crippen LogP contribution in [0.3, 0.4) is 0 Å². The van der Waals surface area contributed by atoms with Crippen LogP contribution in [-0.4, -0.2) is 12.5 Å². The minimum Gasteiger partial charge on any atom is -0.330 e. The molecule has 1 aromatic rings. The SMILES string of the molecule is CCCCc1cccc(NC(C)=O)c1.CCCN.